The second kappa shape index (κ2) is 6.77. The first-order valence-electron chi connectivity index (χ1n) is 7.77. The van der Waals surface area contributed by atoms with Gasteiger partial charge in [-0.1, -0.05) is 0 Å². The van der Waals surface area contributed by atoms with Crippen LogP contribution in [0.5, 0.6) is 11.5 Å². The van der Waals surface area contributed by atoms with E-state index in [1.165, 1.54) is 0 Å². The SMILES string of the molecule is COc1ccc(OC)c(CC(=O)NC2CCCc3occc32)c1. The van der Waals surface area contributed by atoms with Gasteiger partial charge in [-0.25, -0.2) is 0 Å². The van der Waals surface area contributed by atoms with Crippen molar-refractivity contribution in [3.8, 4) is 11.5 Å². The number of carbonyl (C=O) groups excluding carboxylic acids is 1. The van der Waals surface area contributed by atoms with Gasteiger partial charge < -0.3 is 19.2 Å². The first-order valence-corrected chi connectivity index (χ1v) is 7.77. The van der Waals surface area contributed by atoms with Gasteiger partial charge in [0.15, 0.2) is 0 Å². The molecule has 0 bridgehead atoms. The van der Waals surface area contributed by atoms with E-state index in [1.54, 1.807) is 20.5 Å². The zero-order chi connectivity index (χ0) is 16.2. The van der Waals surface area contributed by atoms with E-state index < -0.39 is 0 Å². The van der Waals surface area contributed by atoms with Crippen LogP contribution in [0.3, 0.4) is 0 Å². The molecule has 3 rings (SSSR count). The molecule has 0 spiro atoms. The predicted octanol–water partition coefficient (Wildman–Crippen LogP) is 3.03. The second-order valence-electron chi connectivity index (χ2n) is 5.67. The lowest BCUT2D eigenvalue weighted by Crippen LogP contribution is -2.31. The number of aryl methyl sites for hydroxylation is 1. The molecule has 1 N–H and O–H groups in total. The number of hydrogen-bond acceptors (Lipinski definition) is 4. The molecule has 1 aromatic heterocycles. The molecule has 0 saturated heterocycles. The van der Waals surface area contributed by atoms with E-state index in [2.05, 4.69) is 5.32 Å². The Balaban J connectivity index is 1.71. The summed E-state index contributed by atoms with van der Waals surface area (Å²) in [6.45, 7) is 0. The first kappa shape index (κ1) is 15.5. The van der Waals surface area contributed by atoms with Gasteiger partial charge in [0.05, 0.1) is 32.9 Å². The summed E-state index contributed by atoms with van der Waals surface area (Å²) in [5, 5.41) is 3.10. The Morgan fingerprint density at radius 2 is 2.17 bits per heavy atom. The maximum Gasteiger partial charge on any atom is 0.225 e. The Hall–Kier alpha value is -2.43. The molecule has 1 amide bonds. The number of nitrogens with one attached hydrogen (secondary N) is 1. The number of furan rings is 1. The van der Waals surface area contributed by atoms with Gasteiger partial charge in [-0.3, -0.25) is 4.79 Å². The molecular weight excluding hydrogens is 294 g/mol. The summed E-state index contributed by atoms with van der Waals surface area (Å²) in [4.78, 5) is 12.4. The molecule has 122 valence electrons. The molecule has 0 saturated carbocycles. The normalized spacial score (nSPS) is 16.5. The van der Waals surface area contributed by atoms with Gasteiger partial charge >= 0.3 is 0 Å². The molecule has 2 aromatic rings. The first-order chi connectivity index (χ1) is 11.2. The third kappa shape index (κ3) is 3.33. The van der Waals surface area contributed by atoms with Crippen molar-refractivity contribution < 1.29 is 18.7 Å². The fraction of sp³-hybridized carbons (Fsp3) is 0.389. The molecule has 5 heteroatoms. The molecule has 5 nitrogen and oxygen atoms in total. The fourth-order valence-electron chi connectivity index (χ4n) is 3.07. The van der Waals surface area contributed by atoms with Crippen LogP contribution < -0.4 is 14.8 Å². The Labute approximate surface area is 135 Å². The van der Waals surface area contributed by atoms with Gasteiger partial charge in [-0.05, 0) is 37.1 Å². The summed E-state index contributed by atoms with van der Waals surface area (Å²) in [7, 11) is 3.20. The van der Waals surface area contributed by atoms with E-state index in [1.807, 2.05) is 24.3 Å². The molecule has 23 heavy (non-hydrogen) atoms. The number of amides is 1. The smallest absolute Gasteiger partial charge is 0.225 e. The zero-order valence-corrected chi connectivity index (χ0v) is 13.4. The van der Waals surface area contributed by atoms with Crippen LogP contribution in [0.1, 0.15) is 35.8 Å². The molecule has 1 aliphatic carbocycles. The van der Waals surface area contributed by atoms with Crippen LogP contribution in [0, 0.1) is 0 Å². The number of carbonyl (C=O) groups is 1. The van der Waals surface area contributed by atoms with Gasteiger partial charge in [0.2, 0.25) is 5.91 Å². The van der Waals surface area contributed by atoms with E-state index in [-0.39, 0.29) is 18.4 Å². The number of benzene rings is 1. The lowest BCUT2D eigenvalue weighted by atomic mass is 9.93. The second-order valence-corrected chi connectivity index (χ2v) is 5.67. The highest BCUT2D eigenvalue weighted by atomic mass is 16.5. The molecule has 1 atom stereocenters. The van der Waals surface area contributed by atoms with Crippen molar-refractivity contribution in [1.82, 2.24) is 5.32 Å². The molecule has 1 unspecified atom stereocenters. The van der Waals surface area contributed by atoms with Crippen LogP contribution in [0.15, 0.2) is 34.9 Å². The quantitative estimate of drug-likeness (QED) is 0.921. The average Bonchev–Trinajstić information content (AvgIpc) is 3.04. The molecule has 0 aliphatic heterocycles. The summed E-state index contributed by atoms with van der Waals surface area (Å²) in [5.74, 6) is 2.35. The topological polar surface area (TPSA) is 60.7 Å². The molecule has 0 radical (unpaired) electrons. The molecule has 1 heterocycles. The maximum absolute atomic E-state index is 12.4. The third-order valence-corrected chi connectivity index (χ3v) is 4.23. The average molecular weight is 315 g/mol. The van der Waals surface area contributed by atoms with Crippen LogP contribution in [0.2, 0.25) is 0 Å². The summed E-state index contributed by atoms with van der Waals surface area (Å²) in [6, 6.07) is 7.45. The van der Waals surface area contributed by atoms with Gasteiger partial charge in [0.25, 0.3) is 0 Å². The van der Waals surface area contributed by atoms with E-state index in [0.717, 1.165) is 36.1 Å². The highest BCUT2D eigenvalue weighted by Crippen LogP contribution is 2.31. The lowest BCUT2D eigenvalue weighted by Gasteiger charge is -2.23. The van der Waals surface area contributed by atoms with Crippen LogP contribution in [-0.4, -0.2) is 20.1 Å². The number of fused-ring (bicyclic) bond motifs is 1. The number of hydrogen-bond donors (Lipinski definition) is 1. The van der Waals surface area contributed by atoms with Crippen molar-refractivity contribution >= 4 is 5.91 Å². The van der Waals surface area contributed by atoms with E-state index in [0.29, 0.717) is 11.5 Å². The van der Waals surface area contributed by atoms with Crippen molar-refractivity contribution in [1.29, 1.82) is 0 Å². The van der Waals surface area contributed by atoms with E-state index >= 15 is 0 Å². The molecule has 0 fully saturated rings. The zero-order valence-electron chi connectivity index (χ0n) is 13.4. The summed E-state index contributed by atoms with van der Waals surface area (Å²) in [6.07, 6.45) is 4.85. The van der Waals surface area contributed by atoms with Crippen LogP contribution in [-0.2, 0) is 17.6 Å². The van der Waals surface area contributed by atoms with Gasteiger partial charge in [0.1, 0.15) is 17.3 Å². The van der Waals surface area contributed by atoms with Gasteiger partial charge in [-0.15, -0.1) is 0 Å². The number of methoxy groups -OCH3 is 2. The molecule has 1 aliphatic rings. The largest absolute Gasteiger partial charge is 0.497 e. The van der Waals surface area contributed by atoms with Crippen LogP contribution in [0.25, 0.3) is 0 Å². The van der Waals surface area contributed by atoms with Crippen LogP contribution in [0.4, 0.5) is 0 Å². The lowest BCUT2D eigenvalue weighted by molar-refractivity contribution is -0.121. The standard InChI is InChI=1S/C18H21NO4/c1-21-13-6-7-16(22-2)12(10-13)11-18(20)19-15-4-3-5-17-14(15)8-9-23-17/h6-10,15H,3-5,11H2,1-2H3,(H,19,20). The fourth-order valence-corrected chi connectivity index (χ4v) is 3.07. The molecular formula is C18H21NO4. The predicted molar refractivity (Wildman–Crippen MR) is 85.8 cm³/mol. The Kier molecular flexibility index (Phi) is 4.55. The van der Waals surface area contributed by atoms with Crippen molar-refractivity contribution in [2.45, 2.75) is 31.7 Å². The minimum absolute atomic E-state index is 0.0293. The van der Waals surface area contributed by atoms with E-state index in [9.17, 15) is 4.79 Å². The van der Waals surface area contributed by atoms with E-state index in [4.69, 9.17) is 13.9 Å². The summed E-state index contributed by atoms with van der Waals surface area (Å²) >= 11 is 0. The molecule has 1 aromatic carbocycles. The van der Waals surface area contributed by atoms with Crippen molar-refractivity contribution in [2.24, 2.45) is 0 Å². The number of rotatable bonds is 5. The Bertz CT molecular complexity index is 692. The Morgan fingerprint density at radius 1 is 1.30 bits per heavy atom. The highest BCUT2D eigenvalue weighted by molar-refractivity contribution is 5.80. The Morgan fingerprint density at radius 3 is 2.96 bits per heavy atom. The summed E-state index contributed by atoms with van der Waals surface area (Å²) in [5.41, 5.74) is 1.91. The number of ether oxygens (including phenoxy) is 2. The highest BCUT2D eigenvalue weighted by Gasteiger charge is 2.24. The minimum atomic E-state index is -0.0318. The van der Waals surface area contributed by atoms with Gasteiger partial charge in [-0.2, -0.15) is 0 Å². The van der Waals surface area contributed by atoms with Crippen LogP contribution >= 0.6 is 0 Å². The summed E-state index contributed by atoms with van der Waals surface area (Å²) < 4.78 is 16.0. The van der Waals surface area contributed by atoms with Crippen molar-refractivity contribution in [3.63, 3.8) is 0 Å². The third-order valence-electron chi connectivity index (χ3n) is 4.23. The minimum Gasteiger partial charge on any atom is -0.497 e. The van der Waals surface area contributed by atoms with Crippen molar-refractivity contribution in [2.75, 3.05) is 14.2 Å². The maximum atomic E-state index is 12.4. The monoisotopic (exact) mass is 315 g/mol. The van der Waals surface area contributed by atoms with Crippen molar-refractivity contribution in [3.05, 3.63) is 47.4 Å². The van der Waals surface area contributed by atoms with Gasteiger partial charge in [0, 0.05) is 17.5 Å².